The fraction of sp³-hybridized carbons (Fsp3) is 0.611. The number of halogens is 1. The van der Waals surface area contributed by atoms with Crippen molar-refractivity contribution in [2.45, 2.75) is 66.2 Å². The summed E-state index contributed by atoms with van der Waals surface area (Å²) in [6, 6.07) is 4.60. The summed E-state index contributed by atoms with van der Waals surface area (Å²) in [5, 5.41) is 12.7. The van der Waals surface area contributed by atoms with Crippen molar-refractivity contribution in [3.63, 3.8) is 0 Å². The number of ether oxygens (including phenoxy) is 1. The minimum atomic E-state index is -0.845. The first kappa shape index (κ1) is 19.4. The number of alkyl carbamates (subject to hydrolysis) is 1. The summed E-state index contributed by atoms with van der Waals surface area (Å²) in [6.45, 7) is 11.5. The second-order valence-corrected chi connectivity index (χ2v) is 7.99. The molecule has 0 saturated heterocycles. The number of carbonyl (C=O) groups is 1. The predicted molar refractivity (Wildman–Crippen MR) is 88.5 cm³/mol. The number of aliphatic hydroxyl groups is 1. The van der Waals surface area contributed by atoms with Crippen molar-refractivity contribution in [3.8, 4) is 0 Å². The van der Waals surface area contributed by atoms with Crippen LogP contribution in [0, 0.1) is 11.2 Å². The van der Waals surface area contributed by atoms with E-state index in [2.05, 4.69) is 5.32 Å². The Labute approximate surface area is 138 Å². The van der Waals surface area contributed by atoms with E-state index in [1.165, 1.54) is 6.07 Å². The van der Waals surface area contributed by atoms with Gasteiger partial charge in [0.2, 0.25) is 0 Å². The minimum absolute atomic E-state index is 0.0944. The van der Waals surface area contributed by atoms with Crippen LogP contribution in [0.25, 0.3) is 0 Å². The molecule has 1 amide bonds. The van der Waals surface area contributed by atoms with Crippen molar-refractivity contribution in [3.05, 3.63) is 35.1 Å². The summed E-state index contributed by atoms with van der Waals surface area (Å²) in [5.41, 5.74) is 0.222. The molecule has 130 valence electrons. The van der Waals surface area contributed by atoms with Gasteiger partial charge in [-0.05, 0) is 44.2 Å². The molecule has 23 heavy (non-hydrogen) atoms. The number of aliphatic hydroxyl groups excluding tert-OH is 1. The van der Waals surface area contributed by atoms with Crippen LogP contribution in [0.2, 0.25) is 0 Å². The van der Waals surface area contributed by atoms with E-state index in [9.17, 15) is 14.3 Å². The van der Waals surface area contributed by atoms with E-state index < -0.39 is 23.6 Å². The number of amides is 1. The Bertz CT molecular complexity index is 544. The minimum Gasteiger partial charge on any atom is -0.444 e. The number of rotatable bonds is 4. The maximum absolute atomic E-state index is 14.2. The molecular formula is C18H28FNO3. The molecule has 0 heterocycles. The first-order chi connectivity index (χ1) is 10.4. The van der Waals surface area contributed by atoms with Gasteiger partial charge in [-0.3, -0.25) is 0 Å². The van der Waals surface area contributed by atoms with Crippen LogP contribution >= 0.6 is 0 Å². The van der Waals surface area contributed by atoms with Crippen LogP contribution in [0.5, 0.6) is 0 Å². The molecule has 0 fully saturated rings. The molecule has 0 bridgehead atoms. The summed E-state index contributed by atoms with van der Waals surface area (Å²) in [6.07, 6.45) is -0.919. The van der Waals surface area contributed by atoms with E-state index in [0.717, 1.165) is 0 Å². The van der Waals surface area contributed by atoms with E-state index in [4.69, 9.17) is 4.74 Å². The zero-order valence-electron chi connectivity index (χ0n) is 14.9. The molecule has 1 atom stereocenters. The fourth-order valence-corrected chi connectivity index (χ4v) is 2.13. The summed E-state index contributed by atoms with van der Waals surface area (Å²) < 4.78 is 19.3. The maximum Gasteiger partial charge on any atom is 0.407 e. The second kappa shape index (κ2) is 7.30. The molecule has 0 aromatic heterocycles. The first-order valence-electron chi connectivity index (χ1n) is 7.81. The SMILES string of the molecule is CC(C)(C)CC(O)c1ccc(CNC(=O)OC(C)(C)C)cc1F. The first-order valence-corrected chi connectivity index (χ1v) is 7.81. The number of hydrogen-bond donors (Lipinski definition) is 2. The highest BCUT2D eigenvalue weighted by Gasteiger charge is 2.21. The van der Waals surface area contributed by atoms with Gasteiger partial charge < -0.3 is 15.2 Å². The van der Waals surface area contributed by atoms with Crippen LogP contribution in [0.1, 0.15) is 65.2 Å². The topological polar surface area (TPSA) is 58.6 Å². The van der Waals surface area contributed by atoms with E-state index >= 15 is 0 Å². The summed E-state index contributed by atoms with van der Waals surface area (Å²) in [7, 11) is 0. The average Bonchev–Trinajstić information content (AvgIpc) is 2.32. The normalized spacial score (nSPS) is 13.6. The number of nitrogens with one attached hydrogen (secondary N) is 1. The van der Waals surface area contributed by atoms with E-state index in [1.54, 1.807) is 32.9 Å². The summed E-state index contributed by atoms with van der Waals surface area (Å²) in [5.74, 6) is -0.467. The van der Waals surface area contributed by atoms with Crippen molar-refractivity contribution in [1.82, 2.24) is 5.32 Å². The predicted octanol–water partition coefficient (Wildman–Crippen LogP) is 4.32. The summed E-state index contributed by atoms with van der Waals surface area (Å²) >= 11 is 0. The monoisotopic (exact) mass is 325 g/mol. The standard InChI is InChI=1S/C18H28FNO3/c1-17(2,3)10-15(21)13-8-7-12(9-14(13)19)11-20-16(22)23-18(4,5)6/h7-9,15,21H,10-11H2,1-6H3,(H,20,22). The molecule has 0 aliphatic rings. The third kappa shape index (κ3) is 7.46. The lowest BCUT2D eigenvalue weighted by Crippen LogP contribution is -2.32. The second-order valence-electron chi connectivity index (χ2n) is 7.99. The third-order valence-corrected chi connectivity index (χ3v) is 3.07. The maximum atomic E-state index is 14.2. The lowest BCUT2D eigenvalue weighted by Gasteiger charge is -2.23. The Morgan fingerprint density at radius 1 is 1.26 bits per heavy atom. The Morgan fingerprint density at radius 3 is 2.35 bits per heavy atom. The Kier molecular flexibility index (Phi) is 6.17. The number of carbonyl (C=O) groups excluding carboxylic acids is 1. The number of benzene rings is 1. The average molecular weight is 325 g/mol. The smallest absolute Gasteiger partial charge is 0.407 e. The summed E-state index contributed by atoms with van der Waals surface area (Å²) in [4.78, 5) is 11.6. The molecule has 5 heteroatoms. The fourth-order valence-electron chi connectivity index (χ4n) is 2.13. The van der Waals surface area contributed by atoms with Crippen molar-refractivity contribution in [2.75, 3.05) is 0 Å². The van der Waals surface area contributed by atoms with Gasteiger partial charge in [0.15, 0.2) is 0 Å². The van der Waals surface area contributed by atoms with Gasteiger partial charge in [0.25, 0.3) is 0 Å². The van der Waals surface area contributed by atoms with Gasteiger partial charge in [-0.2, -0.15) is 0 Å². The van der Waals surface area contributed by atoms with Crippen LogP contribution in [0.15, 0.2) is 18.2 Å². The zero-order chi connectivity index (χ0) is 17.8. The highest BCUT2D eigenvalue weighted by Crippen LogP contribution is 2.30. The molecule has 0 spiro atoms. The van der Waals surface area contributed by atoms with Crippen molar-refractivity contribution in [1.29, 1.82) is 0 Å². The molecule has 0 aliphatic carbocycles. The Balaban J connectivity index is 2.68. The highest BCUT2D eigenvalue weighted by atomic mass is 19.1. The molecule has 1 aromatic rings. The van der Waals surface area contributed by atoms with Gasteiger partial charge in [0.1, 0.15) is 11.4 Å². The van der Waals surface area contributed by atoms with Crippen LogP contribution in [-0.4, -0.2) is 16.8 Å². The van der Waals surface area contributed by atoms with Gasteiger partial charge in [0.05, 0.1) is 6.10 Å². The Hall–Kier alpha value is -1.62. The molecule has 1 aromatic carbocycles. The van der Waals surface area contributed by atoms with E-state index in [1.807, 2.05) is 20.8 Å². The van der Waals surface area contributed by atoms with Crippen molar-refractivity contribution >= 4 is 6.09 Å². The molecule has 1 rings (SSSR count). The van der Waals surface area contributed by atoms with Gasteiger partial charge in [-0.25, -0.2) is 9.18 Å². The molecule has 2 N–H and O–H groups in total. The third-order valence-electron chi connectivity index (χ3n) is 3.07. The lowest BCUT2D eigenvalue weighted by molar-refractivity contribution is 0.0523. The molecule has 4 nitrogen and oxygen atoms in total. The van der Waals surface area contributed by atoms with E-state index in [-0.39, 0.29) is 17.5 Å². The van der Waals surface area contributed by atoms with Gasteiger partial charge in [-0.15, -0.1) is 0 Å². The van der Waals surface area contributed by atoms with Gasteiger partial charge in [-0.1, -0.05) is 32.9 Å². The number of hydrogen-bond acceptors (Lipinski definition) is 3. The zero-order valence-corrected chi connectivity index (χ0v) is 14.9. The highest BCUT2D eigenvalue weighted by molar-refractivity contribution is 5.67. The largest absolute Gasteiger partial charge is 0.444 e. The van der Waals surface area contributed by atoms with Gasteiger partial charge >= 0.3 is 6.09 Å². The molecular weight excluding hydrogens is 297 g/mol. The Morgan fingerprint density at radius 2 is 1.87 bits per heavy atom. The molecule has 0 saturated carbocycles. The van der Waals surface area contributed by atoms with Crippen LogP contribution in [0.3, 0.4) is 0 Å². The van der Waals surface area contributed by atoms with Crippen LogP contribution in [-0.2, 0) is 11.3 Å². The quantitative estimate of drug-likeness (QED) is 0.867. The molecule has 0 radical (unpaired) electrons. The molecule has 0 aliphatic heterocycles. The molecule has 1 unspecified atom stereocenters. The lowest BCUT2D eigenvalue weighted by atomic mass is 9.86. The van der Waals surface area contributed by atoms with Crippen molar-refractivity contribution < 1.29 is 19.0 Å². The van der Waals surface area contributed by atoms with Gasteiger partial charge in [0, 0.05) is 12.1 Å². The van der Waals surface area contributed by atoms with Crippen LogP contribution in [0.4, 0.5) is 9.18 Å². The van der Waals surface area contributed by atoms with Crippen LogP contribution < -0.4 is 5.32 Å². The van der Waals surface area contributed by atoms with Crippen molar-refractivity contribution in [2.24, 2.45) is 5.41 Å². The van der Waals surface area contributed by atoms with E-state index in [0.29, 0.717) is 12.0 Å².